The van der Waals surface area contributed by atoms with E-state index in [1.165, 1.54) is 7.05 Å². The van der Waals surface area contributed by atoms with Gasteiger partial charge in [-0.05, 0) is 24.6 Å². The molecule has 0 aliphatic carbocycles. The number of nitrogens with zero attached hydrogens (tertiary/aromatic N) is 1. The minimum absolute atomic E-state index is 0.0819. The molecule has 1 aliphatic heterocycles. The van der Waals surface area contributed by atoms with Crippen molar-refractivity contribution in [2.45, 2.75) is 19.1 Å². The number of hydrogen-bond donors (Lipinski definition) is 2. The van der Waals surface area contributed by atoms with E-state index in [0.717, 1.165) is 10.0 Å². The highest BCUT2D eigenvalue weighted by atomic mass is 79.9. The number of benzene rings is 1. The molecule has 0 aromatic heterocycles. The molecular weight excluding hydrogens is 350 g/mol. The highest BCUT2D eigenvalue weighted by molar-refractivity contribution is 9.10. The van der Waals surface area contributed by atoms with Gasteiger partial charge < -0.3 is 10.1 Å². The standard InChI is InChI=1S/C15H20BrN3O3/c1-10(14(20)18-15(21)17-2)19-6-7-22-13(9-19)11-4-3-5-12(16)8-11/h3-5,8,10,13H,6-7,9H2,1-2H3,(H2,17,18,20,21)/t10-,13+/m0/s1. The number of halogens is 1. The third-order valence-electron chi connectivity index (χ3n) is 3.71. The fourth-order valence-corrected chi connectivity index (χ4v) is 2.79. The molecule has 7 heteroatoms. The minimum Gasteiger partial charge on any atom is -0.371 e. The van der Waals surface area contributed by atoms with Gasteiger partial charge in [0.25, 0.3) is 0 Å². The van der Waals surface area contributed by atoms with Crippen molar-refractivity contribution in [1.82, 2.24) is 15.5 Å². The molecule has 22 heavy (non-hydrogen) atoms. The average molecular weight is 370 g/mol. The SMILES string of the molecule is CNC(=O)NC(=O)[C@H](C)N1CCO[C@@H](c2cccc(Br)c2)C1. The maximum Gasteiger partial charge on any atom is 0.321 e. The number of urea groups is 1. The van der Waals surface area contributed by atoms with Gasteiger partial charge in [-0.2, -0.15) is 0 Å². The molecule has 6 nitrogen and oxygen atoms in total. The first-order valence-corrected chi connectivity index (χ1v) is 7.94. The van der Waals surface area contributed by atoms with Gasteiger partial charge in [0.15, 0.2) is 0 Å². The van der Waals surface area contributed by atoms with E-state index in [4.69, 9.17) is 4.74 Å². The van der Waals surface area contributed by atoms with Crippen LogP contribution in [0.4, 0.5) is 4.79 Å². The number of amides is 3. The van der Waals surface area contributed by atoms with E-state index < -0.39 is 12.1 Å². The van der Waals surface area contributed by atoms with E-state index in [2.05, 4.69) is 26.6 Å². The van der Waals surface area contributed by atoms with Gasteiger partial charge in [0.1, 0.15) is 0 Å². The van der Waals surface area contributed by atoms with E-state index in [0.29, 0.717) is 19.7 Å². The van der Waals surface area contributed by atoms with Crippen molar-refractivity contribution in [2.24, 2.45) is 0 Å². The maximum atomic E-state index is 12.0. The predicted octanol–water partition coefficient (Wildman–Crippen LogP) is 1.67. The largest absolute Gasteiger partial charge is 0.371 e. The molecular formula is C15H20BrN3O3. The summed E-state index contributed by atoms with van der Waals surface area (Å²) in [7, 11) is 1.48. The molecule has 2 rings (SSSR count). The zero-order chi connectivity index (χ0) is 16.1. The molecule has 0 bridgehead atoms. The second-order valence-corrected chi connectivity index (χ2v) is 6.07. The Labute approximate surface area is 138 Å². The molecule has 1 heterocycles. The summed E-state index contributed by atoms with van der Waals surface area (Å²) in [5, 5.41) is 4.69. The van der Waals surface area contributed by atoms with Crippen molar-refractivity contribution in [1.29, 1.82) is 0 Å². The fraction of sp³-hybridized carbons (Fsp3) is 0.467. The van der Waals surface area contributed by atoms with Crippen LogP contribution in [0.5, 0.6) is 0 Å². The molecule has 0 radical (unpaired) electrons. The third kappa shape index (κ3) is 4.28. The number of morpholine rings is 1. The first kappa shape index (κ1) is 16.9. The van der Waals surface area contributed by atoms with E-state index in [-0.39, 0.29) is 12.0 Å². The smallest absolute Gasteiger partial charge is 0.321 e. The highest BCUT2D eigenvalue weighted by Crippen LogP contribution is 2.25. The van der Waals surface area contributed by atoms with Gasteiger partial charge in [-0.25, -0.2) is 4.79 Å². The van der Waals surface area contributed by atoms with Crippen LogP contribution in [0.2, 0.25) is 0 Å². The van der Waals surface area contributed by atoms with Gasteiger partial charge in [-0.3, -0.25) is 15.0 Å². The maximum absolute atomic E-state index is 12.0. The summed E-state index contributed by atoms with van der Waals surface area (Å²) in [6.07, 6.45) is -0.0819. The molecule has 1 fully saturated rings. The number of carbonyl (C=O) groups excluding carboxylic acids is 2. The van der Waals surface area contributed by atoms with Crippen LogP contribution >= 0.6 is 15.9 Å². The van der Waals surface area contributed by atoms with Crippen molar-refractivity contribution < 1.29 is 14.3 Å². The van der Waals surface area contributed by atoms with E-state index in [1.807, 2.05) is 29.2 Å². The Bertz CT molecular complexity index is 553. The molecule has 0 saturated carbocycles. The van der Waals surface area contributed by atoms with Crippen LogP contribution < -0.4 is 10.6 Å². The topological polar surface area (TPSA) is 70.7 Å². The van der Waals surface area contributed by atoms with Crippen molar-refractivity contribution in [3.05, 3.63) is 34.3 Å². The van der Waals surface area contributed by atoms with Crippen molar-refractivity contribution in [3.8, 4) is 0 Å². The number of hydrogen-bond acceptors (Lipinski definition) is 4. The molecule has 0 spiro atoms. The molecule has 0 unspecified atom stereocenters. The van der Waals surface area contributed by atoms with Gasteiger partial charge in [-0.1, -0.05) is 28.1 Å². The van der Waals surface area contributed by atoms with Crippen LogP contribution in [0.15, 0.2) is 28.7 Å². The third-order valence-corrected chi connectivity index (χ3v) is 4.20. The van der Waals surface area contributed by atoms with Crippen molar-refractivity contribution >= 4 is 27.9 Å². The number of ether oxygens (including phenoxy) is 1. The average Bonchev–Trinajstić information content (AvgIpc) is 2.54. The van der Waals surface area contributed by atoms with Crippen molar-refractivity contribution in [3.63, 3.8) is 0 Å². The summed E-state index contributed by atoms with van der Waals surface area (Å²) >= 11 is 3.45. The Kier molecular flexibility index (Phi) is 5.93. The van der Waals surface area contributed by atoms with Crippen LogP contribution in [-0.4, -0.2) is 49.6 Å². The lowest BCUT2D eigenvalue weighted by Gasteiger charge is -2.36. The summed E-state index contributed by atoms with van der Waals surface area (Å²) in [5.41, 5.74) is 1.07. The molecule has 1 aromatic rings. The molecule has 120 valence electrons. The van der Waals surface area contributed by atoms with Crippen LogP contribution in [-0.2, 0) is 9.53 Å². The summed E-state index contributed by atoms with van der Waals surface area (Å²) in [5.74, 6) is -0.311. The van der Waals surface area contributed by atoms with Gasteiger partial charge in [0, 0.05) is 24.6 Å². The van der Waals surface area contributed by atoms with Gasteiger partial charge in [0.2, 0.25) is 5.91 Å². The highest BCUT2D eigenvalue weighted by Gasteiger charge is 2.29. The van der Waals surface area contributed by atoms with E-state index >= 15 is 0 Å². The zero-order valence-corrected chi connectivity index (χ0v) is 14.2. The molecule has 3 amide bonds. The van der Waals surface area contributed by atoms with E-state index in [1.54, 1.807) is 6.92 Å². The van der Waals surface area contributed by atoms with Crippen LogP contribution in [0.25, 0.3) is 0 Å². The Morgan fingerprint density at radius 2 is 2.23 bits per heavy atom. The monoisotopic (exact) mass is 369 g/mol. The Morgan fingerprint density at radius 3 is 2.91 bits per heavy atom. The van der Waals surface area contributed by atoms with Gasteiger partial charge in [0.05, 0.1) is 18.8 Å². The van der Waals surface area contributed by atoms with Crippen LogP contribution in [0.1, 0.15) is 18.6 Å². The summed E-state index contributed by atoms with van der Waals surface area (Å²) < 4.78 is 6.80. The normalized spacial score (nSPS) is 20.2. The molecule has 1 saturated heterocycles. The van der Waals surface area contributed by atoms with Crippen molar-refractivity contribution in [2.75, 3.05) is 26.7 Å². The second kappa shape index (κ2) is 7.71. The number of rotatable bonds is 3. The molecule has 1 aliphatic rings. The predicted molar refractivity (Wildman–Crippen MR) is 86.5 cm³/mol. The lowest BCUT2D eigenvalue weighted by Crippen LogP contribution is -2.52. The molecule has 2 N–H and O–H groups in total. The second-order valence-electron chi connectivity index (χ2n) is 5.15. The minimum atomic E-state index is -0.492. The Hall–Kier alpha value is -1.44. The summed E-state index contributed by atoms with van der Waals surface area (Å²) in [4.78, 5) is 25.3. The lowest BCUT2D eigenvalue weighted by atomic mass is 10.1. The van der Waals surface area contributed by atoms with Crippen LogP contribution in [0, 0.1) is 0 Å². The quantitative estimate of drug-likeness (QED) is 0.849. The Balaban J connectivity index is 2.00. The fourth-order valence-electron chi connectivity index (χ4n) is 2.37. The van der Waals surface area contributed by atoms with Gasteiger partial charge >= 0.3 is 6.03 Å². The first-order chi connectivity index (χ1) is 10.5. The van der Waals surface area contributed by atoms with Gasteiger partial charge in [-0.15, -0.1) is 0 Å². The number of imide groups is 1. The van der Waals surface area contributed by atoms with Crippen LogP contribution in [0.3, 0.4) is 0 Å². The van der Waals surface area contributed by atoms with E-state index in [9.17, 15) is 9.59 Å². The summed E-state index contributed by atoms with van der Waals surface area (Å²) in [6, 6.07) is 7.06. The number of carbonyl (C=O) groups is 2. The molecule has 2 atom stereocenters. The molecule has 1 aromatic carbocycles. The number of nitrogens with one attached hydrogen (secondary N) is 2. The summed E-state index contributed by atoms with van der Waals surface area (Å²) in [6.45, 7) is 3.61. The first-order valence-electron chi connectivity index (χ1n) is 7.15. The zero-order valence-electron chi connectivity index (χ0n) is 12.6. The Morgan fingerprint density at radius 1 is 1.45 bits per heavy atom. The lowest BCUT2D eigenvalue weighted by molar-refractivity contribution is -0.128.